The van der Waals surface area contributed by atoms with Crippen molar-refractivity contribution >= 4 is 33.3 Å². The minimum absolute atomic E-state index is 0.00787. The summed E-state index contributed by atoms with van der Waals surface area (Å²) in [5.41, 5.74) is 5.64. The van der Waals surface area contributed by atoms with Gasteiger partial charge in [0.05, 0.1) is 9.50 Å². The highest BCUT2D eigenvalue weighted by Crippen LogP contribution is 2.33. The second-order valence-corrected chi connectivity index (χ2v) is 5.04. The molecule has 0 saturated heterocycles. The summed E-state index contributed by atoms with van der Waals surface area (Å²) in [4.78, 5) is 8.07. The SMILES string of the molecule is COCc1nc(N)cc(Oc2cc(F)c(Cl)cc2Br)n1. The molecule has 0 unspecified atom stereocenters. The third-order valence-electron chi connectivity index (χ3n) is 2.23. The first kappa shape index (κ1) is 15.0. The molecule has 0 radical (unpaired) electrons. The highest BCUT2D eigenvalue weighted by atomic mass is 79.9. The summed E-state index contributed by atoms with van der Waals surface area (Å²) >= 11 is 8.89. The number of hydrogen-bond acceptors (Lipinski definition) is 5. The maximum Gasteiger partial charge on any atom is 0.224 e. The quantitative estimate of drug-likeness (QED) is 0.842. The molecule has 0 spiro atoms. The zero-order valence-electron chi connectivity index (χ0n) is 10.4. The van der Waals surface area contributed by atoms with Crippen LogP contribution in [0.25, 0.3) is 0 Å². The normalized spacial score (nSPS) is 10.6. The highest BCUT2D eigenvalue weighted by Gasteiger charge is 2.11. The molecule has 0 fully saturated rings. The van der Waals surface area contributed by atoms with E-state index in [1.807, 2.05) is 0 Å². The number of benzene rings is 1. The Morgan fingerprint density at radius 3 is 2.80 bits per heavy atom. The molecule has 0 aliphatic carbocycles. The summed E-state index contributed by atoms with van der Waals surface area (Å²) in [5, 5.41) is -0.00787. The van der Waals surface area contributed by atoms with Gasteiger partial charge in [-0.1, -0.05) is 11.6 Å². The zero-order valence-corrected chi connectivity index (χ0v) is 12.7. The molecule has 0 atom stereocenters. The molecule has 0 bridgehead atoms. The summed E-state index contributed by atoms with van der Waals surface area (Å²) in [7, 11) is 1.51. The average Bonchev–Trinajstić information content (AvgIpc) is 2.35. The van der Waals surface area contributed by atoms with Crippen molar-refractivity contribution < 1.29 is 13.9 Å². The Kier molecular flexibility index (Phi) is 4.74. The smallest absolute Gasteiger partial charge is 0.224 e. The Hall–Kier alpha value is -1.44. The number of rotatable bonds is 4. The van der Waals surface area contributed by atoms with Crippen molar-refractivity contribution in [2.75, 3.05) is 12.8 Å². The number of nitrogens with two attached hydrogens (primary N) is 1. The van der Waals surface area contributed by atoms with Crippen LogP contribution in [0.2, 0.25) is 5.02 Å². The van der Waals surface area contributed by atoms with Gasteiger partial charge in [-0.25, -0.2) is 9.37 Å². The molecule has 1 aromatic carbocycles. The van der Waals surface area contributed by atoms with E-state index < -0.39 is 5.82 Å². The van der Waals surface area contributed by atoms with Gasteiger partial charge in [0, 0.05) is 19.2 Å². The molecule has 2 aromatic rings. The lowest BCUT2D eigenvalue weighted by Crippen LogP contribution is -2.02. The number of hydrogen-bond donors (Lipinski definition) is 1. The fourth-order valence-electron chi connectivity index (χ4n) is 1.43. The van der Waals surface area contributed by atoms with Crippen molar-refractivity contribution in [2.45, 2.75) is 6.61 Å². The number of nitrogens with zero attached hydrogens (tertiary/aromatic N) is 2. The van der Waals surface area contributed by atoms with Crippen molar-refractivity contribution in [1.29, 1.82) is 0 Å². The minimum Gasteiger partial charge on any atom is -0.438 e. The van der Waals surface area contributed by atoms with E-state index in [1.165, 1.54) is 19.2 Å². The van der Waals surface area contributed by atoms with E-state index in [2.05, 4.69) is 25.9 Å². The third-order valence-corrected chi connectivity index (χ3v) is 3.14. The van der Waals surface area contributed by atoms with Crippen LogP contribution in [0, 0.1) is 5.82 Å². The molecule has 0 aliphatic heterocycles. The van der Waals surface area contributed by atoms with Crippen molar-refractivity contribution in [1.82, 2.24) is 9.97 Å². The van der Waals surface area contributed by atoms with Gasteiger partial charge in [-0.2, -0.15) is 4.98 Å². The number of halogens is 3. The Bertz CT molecular complexity index is 642. The molecule has 0 saturated carbocycles. The molecule has 0 amide bonds. The van der Waals surface area contributed by atoms with Crippen molar-refractivity contribution in [3.63, 3.8) is 0 Å². The summed E-state index contributed by atoms with van der Waals surface area (Å²) in [5.74, 6) is 0.421. The van der Waals surface area contributed by atoms with Gasteiger partial charge in [0.1, 0.15) is 24.0 Å². The van der Waals surface area contributed by atoms with E-state index in [1.54, 1.807) is 0 Å². The molecule has 1 heterocycles. The summed E-state index contributed by atoms with van der Waals surface area (Å²) in [6, 6.07) is 3.98. The predicted octanol–water partition coefficient (Wildman–Crippen LogP) is 3.55. The van der Waals surface area contributed by atoms with Crippen molar-refractivity contribution in [3.05, 3.63) is 39.3 Å². The fraction of sp³-hybridized carbons (Fsp3) is 0.167. The summed E-state index contributed by atoms with van der Waals surface area (Å²) in [6.07, 6.45) is 0. The molecule has 1 aromatic heterocycles. The van der Waals surface area contributed by atoms with Crippen LogP contribution in [0.3, 0.4) is 0 Å². The van der Waals surface area contributed by atoms with Gasteiger partial charge in [0.2, 0.25) is 5.88 Å². The number of anilines is 1. The standard InChI is InChI=1S/C12H10BrClFN3O2/c1-19-5-11-17-10(16)4-12(18-11)20-9-3-8(15)7(14)2-6(9)13/h2-4H,5H2,1H3,(H2,16,17,18). The van der Waals surface area contributed by atoms with Gasteiger partial charge in [-0.3, -0.25) is 0 Å². The first-order chi connectivity index (χ1) is 9.49. The summed E-state index contributed by atoms with van der Waals surface area (Å²) in [6.45, 7) is 0.192. The molecule has 0 aliphatic rings. The molecule has 20 heavy (non-hydrogen) atoms. The average molecular weight is 363 g/mol. The maximum absolute atomic E-state index is 13.4. The lowest BCUT2D eigenvalue weighted by molar-refractivity contribution is 0.177. The van der Waals surface area contributed by atoms with Crippen LogP contribution in [0.15, 0.2) is 22.7 Å². The van der Waals surface area contributed by atoms with Gasteiger partial charge >= 0.3 is 0 Å². The molecule has 5 nitrogen and oxygen atoms in total. The van der Waals surface area contributed by atoms with Gasteiger partial charge in [-0.15, -0.1) is 0 Å². The third kappa shape index (κ3) is 3.56. The van der Waals surface area contributed by atoms with Crippen LogP contribution in [-0.2, 0) is 11.3 Å². The zero-order chi connectivity index (χ0) is 14.7. The fourth-order valence-corrected chi connectivity index (χ4v) is 2.15. The van der Waals surface area contributed by atoms with E-state index in [0.717, 1.165) is 6.07 Å². The predicted molar refractivity (Wildman–Crippen MR) is 76.3 cm³/mol. The monoisotopic (exact) mass is 361 g/mol. The van der Waals surface area contributed by atoms with Crippen molar-refractivity contribution in [3.8, 4) is 11.6 Å². The maximum atomic E-state index is 13.4. The first-order valence-corrected chi connectivity index (χ1v) is 6.61. The van der Waals surface area contributed by atoms with Gasteiger partial charge in [0.15, 0.2) is 5.82 Å². The number of methoxy groups -OCH3 is 1. The van der Waals surface area contributed by atoms with E-state index in [0.29, 0.717) is 10.3 Å². The van der Waals surface area contributed by atoms with Gasteiger partial charge in [0.25, 0.3) is 0 Å². The Morgan fingerprint density at radius 1 is 1.35 bits per heavy atom. The van der Waals surface area contributed by atoms with Crippen molar-refractivity contribution in [2.24, 2.45) is 0 Å². The molecule has 2 rings (SSSR count). The molecular formula is C12H10BrClFN3O2. The Labute approximate surface area is 128 Å². The van der Waals surface area contributed by atoms with Crippen LogP contribution >= 0.6 is 27.5 Å². The van der Waals surface area contributed by atoms with Crippen LogP contribution in [-0.4, -0.2) is 17.1 Å². The second-order valence-electron chi connectivity index (χ2n) is 3.78. The van der Waals surface area contributed by atoms with Gasteiger partial charge < -0.3 is 15.2 Å². The van der Waals surface area contributed by atoms with E-state index >= 15 is 0 Å². The molecule has 8 heteroatoms. The van der Waals surface area contributed by atoms with Crippen LogP contribution in [0.5, 0.6) is 11.6 Å². The largest absolute Gasteiger partial charge is 0.438 e. The van der Waals surface area contributed by atoms with Crippen LogP contribution < -0.4 is 10.5 Å². The Balaban J connectivity index is 2.32. The lowest BCUT2D eigenvalue weighted by atomic mass is 10.3. The number of aromatic nitrogens is 2. The molecule has 106 valence electrons. The van der Waals surface area contributed by atoms with E-state index in [9.17, 15) is 4.39 Å². The topological polar surface area (TPSA) is 70.3 Å². The first-order valence-electron chi connectivity index (χ1n) is 5.44. The highest BCUT2D eigenvalue weighted by molar-refractivity contribution is 9.10. The van der Waals surface area contributed by atoms with E-state index in [-0.39, 0.29) is 29.1 Å². The van der Waals surface area contributed by atoms with Gasteiger partial charge in [-0.05, 0) is 22.0 Å². The van der Waals surface area contributed by atoms with E-state index in [4.69, 9.17) is 26.8 Å². The summed E-state index contributed by atoms with van der Waals surface area (Å²) < 4.78 is 24.3. The number of nitrogen functional groups attached to an aromatic ring is 1. The van der Waals surface area contributed by atoms with Crippen LogP contribution in [0.4, 0.5) is 10.2 Å². The van der Waals surface area contributed by atoms with Crippen LogP contribution in [0.1, 0.15) is 5.82 Å². The minimum atomic E-state index is -0.594. The second kappa shape index (κ2) is 6.34. The molecule has 2 N–H and O–H groups in total. The lowest BCUT2D eigenvalue weighted by Gasteiger charge is -2.09. The Morgan fingerprint density at radius 2 is 2.10 bits per heavy atom. The number of ether oxygens (including phenoxy) is 2. The molecular weight excluding hydrogens is 353 g/mol.